The Hall–Kier alpha value is -2.50. The molecule has 1 aromatic rings. The van der Waals surface area contributed by atoms with Crippen LogP contribution in [0, 0.1) is 0 Å². The highest BCUT2D eigenvalue weighted by atomic mass is 16.5. The van der Waals surface area contributed by atoms with E-state index in [-0.39, 0.29) is 5.56 Å². The van der Waals surface area contributed by atoms with Crippen molar-refractivity contribution < 1.29 is 28.5 Å². The van der Waals surface area contributed by atoms with Crippen molar-refractivity contribution in [3.05, 3.63) is 36.1 Å². The molecule has 0 aliphatic rings. The molecule has 0 saturated heterocycles. The largest absolute Gasteiger partial charge is 0.493 e. The molecule has 0 aromatic heterocycles. The van der Waals surface area contributed by atoms with Gasteiger partial charge < -0.3 is 18.9 Å². The maximum Gasteiger partial charge on any atom is 0.343 e. The SMILES string of the molecule is CCCCOC(=O)/C=C/OC(=O)c1ccc(OC)c(OC)c1. The van der Waals surface area contributed by atoms with Gasteiger partial charge in [0, 0.05) is 0 Å². The number of carbonyl (C=O) groups excluding carboxylic acids is 2. The molecule has 0 atom stereocenters. The Morgan fingerprint density at radius 1 is 1.14 bits per heavy atom. The summed E-state index contributed by atoms with van der Waals surface area (Å²) in [6.07, 6.45) is 3.80. The highest BCUT2D eigenvalue weighted by Crippen LogP contribution is 2.27. The Labute approximate surface area is 129 Å². The fourth-order valence-corrected chi connectivity index (χ4v) is 1.55. The molecule has 0 radical (unpaired) electrons. The zero-order chi connectivity index (χ0) is 16.4. The molecule has 0 unspecified atom stereocenters. The molecule has 0 fully saturated rings. The van der Waals surface area contributed by atoms with Gasteiger partial charge in [-0.25, -0.2) is 9.59 Å². The van der Waals surface area contributed by atoms with Gasteiger partial charge in [-0.05, 0) is 24.6 Å². The first-order valence-corrected chi connectivity index (χ1v) is 6.88. The molecule has 0 spiro atoms. The van der Waals surface area contributed by atoms with E-state index in [9.17, 15) is 9.59 Å². The first kappa shape index (κ1) is 17.6. The minimum Gasteiger partial charge on any atom is -0.493 e. The molecule has 0 N–H and O–H groups in total. The van der Waals surface area contributed by atoms with Crippen LogP contribution in [0.5, 0.6) is 11.5 Å². The van der Waals surface area contributed by atoms with Crippen molar-refractivity contribution in [3.63, 3.8) is 0 Å². The topological polar surface area (TPSA) is 71.1 Å². The number of unbranched alkanes of at least 4 members (excludes halogenated alkanes) is 1. The van der Waals surface area contributed by atoms with E-state index in [4.69, 9.17) is 18.9 Å². The van der Waals surface area contributed by atoms with Gasteiger partial charge in [-0.2, -0.15) is 0 Å². The van der Waals surface area contributed by atoms with Crippen molar-refractivity contribution in [3.8, 4) is 11.5 Å². The second kappa shape index (κ2) is 9.44. The molecule has 6 heteroatoms. The quantitative estimate of drug-likeness (QED) is 0.318. The molecular formula is C16H20O6. The number of esters is 2. The Morgan fingerprint density at radius 2 is 1.86 bits per heavy atom. The Kier molecular flexibility index (Phi) is 7.53. The van der Waals surface area contributed by atoms with E-state index >= 15 is 0 Å². The second-order valence-electron chi connectivity index (χ2n) is 4.30. The van der Waals surface area contributed by atoms with Gasteiger partial charge in [-0.15, -0.1) is 0 Å². The van der Waals surface area contributed by atoms with Crippen LogP contribution in [0.25, 0.3) is 0 Å². The van der Waals surface area contributed by atoms with Crippen molar-refractivity contribution in [2.45, 2.75) is 19.8 Å². The summed E-state index contributed by atoms with van der Waals surface area (Å²) in [5.41, 5.74) is 0.279. The highest BCUT2D eigenvalue weighted by molar-refractivity contribution is 5.91. The lowest BCUT2D eigenvalue weighted by Crippen LogP contribution is -2.04. The Morgan fingerprint density at radius 3 is 2.50 bits per heavy atom. The van der Waals surface area contributed by atoms with Crippen LogP contribution in [-0.4, -0.2) is 32.8 Å². The molecule has 0 aliphatic heterocycles. The van der Waals surface area contributed by atoms with Crippen LogP contribution in [-0.2, 0) is 14.3 Å². The van der Waals surface area contributed by atoms with Gasteiger partial charge in [0.2, 0.25) is 0 Å². The summed E-state index contributed by atoms with van der Waals surface area (Å²) in [5, 5.41) is 0. The van der Waals surface area contributed by atoms with Crippen LogP contribution in [0.15, 0.2) is 30.5 Å². The molecule has 0 aliphatic carbocycles. The lowest BCUT2D eigenvalue weighted by atomic mass is 10.2. The number of carbonyl (C=O) groups is 2. The van der Waals surface area contributed by atoms with E-state index in [2.05, 4.69) is 0 Å². The molecule has 0 amide bonds. The molecule has 120 valence electrons. The van der Waals surface area contributed by atoms with E-state index < -0.39 is 11.9 Å². The van der Waals surface area contributed by atoms with Crippen molar-refractivity contribution in [2.75, 3.05) is 20.8 Å². The first-order valence-electron chi connectivity index (χ1n) is 6.88. The van der Waals surface area contributed by atoms with Gasteiger partial charge in [-0.3, -0.25) is 0 Å². The average molecular weight is 308 g/mol. The van der Waals surface area contributed by atoms with Gasteiger partial charge in [0.25, 0.3) is 0 Å². The van der Waals surface area contributed by atoms with Crippen molar-refractivity contribution in [2.24, 2.45) is 0 Å². The molecule has 22 heavy (non-hydrogen) atoms. The highest BCUT2D eigenvalue weighted by Gasteiger charge is 2.11. The number of ether oxygens (including phenoxy) is 4. The maximum atomic E-state index is 11.8. The van der Waals surface area contributed by atoms with Crippen LogP contribution in [0.4, 0.5) is 0 Å². The third-order valence-electron chi connectivity index (χ3n) is 2.74. The summed E-state index contributed by atoms with van der Waals surface area (Å²) in [6.45, 7) is 2.35. The lowest BCUT2D eigenvalue weighted by molar-refractivity contribution is -0.137. The Balaban J connectivity index is 2.56. The van der Waals surface area contributed by atoms with Crippen LogP contribution < -0.4 is 9.47 Å². The molecule has 0 bridgehead atoms. The summed E-state index contributed by atoms with van der Waals surface area (Å²) < 4.78 is 19.9. The van der Waals surface area contributed by atoms with E-state index in [0.717, 1.165) is 25.2 Å². The number of rotatable bonds is 8. The van der Waals surface area contributed by atoms with E-state index in [0.29, 0.717) is 18.1 Å². The minimum atomic E-state index is -0.612. The molecule has 0 heterocycles. The minimum absolute atomic E-state index is 0.279. The van der Waals surface area contributed by atoms with Gasteiger partial charge in [0.05, 0.1) is 32.5 Å². The lowest BCUT2D eigenvalue weighted by Gasteiger charge is -2.08. The smallest absolute Gasteiger partial charge is 0.343 e. The average Bonchev–Trinajstić information content (AvgIpc) is 2.54. The first-order chi connectivity index (χ1) is 10.6. The predicted molar refractivity (Wildman–Crippen MR) is 80.0 cm³/mol. The van der Waals surface area contributed by atoms with Gasteiger partial charge >= 0.3 is 11.9 Å². The van der Waals surface area contributed by atoms with E-state index in [1.54, 1.807) is 6.07 Å². The predicted octanol–water partition coefficient (Wildman–Crippen LogP) is 2.72. The second-order valence-corrected chi connectivity index (χ2v) is 4.30. The van der Waals surface area contributed by atoms with E-state index in [1.807, 2.05) is 6.92 Å². The summed E-state index contributed by atoms with van der Waals surface area (Å²) in [7, 11) is 2.97. The summed E-state index contributed by atoms with van der Waals surface area (Å²) >= 11 is 0. The monoisotopic (exact) mass is 308 g/mol. The number of methoxy groups -OCH3 is 2. The van der Waals surface area contributed by atoms with Crippen LogP contribution in [0.1, 0.15) is 30.1 Å². The van der Waals surface area contributed by atoms with Crippen molar-refractivity contribution in [1.29, 1.82) is 0 Å². The third-order valence-corrected chi connectivity index (χ3v) is 2.74. The number of hydrogen-bond donors (Lipinski definition) is 0. The molecule has 0 saturated carbocycles. The fraction of sp³-hybridized carbons (Fsp3) is 0.375. The van der Waals surface area contributed by atoms with Gasteiger partial charge in [0.15, 0.2) is 11.5 Å². The molecule has 6 nitrogen and oxygen atoms in total. The van der Waals surface area contributed by atoms with Gasteiger partial charge in [0.1, 0.15) is 6.26 Å². The normalized spacial score (nSPS) is 10.3. The van der Waals surface area contributed by atoms with Crippen molar-refractivity contribution >= 4 is 11.9 Å². The molecular weight excluding hydrogens is 288 g/mol. The standard InChI is InChI=1S/C16H20O6/c1-4-5-9-21-15(17)8-10-22-16(18)12-6-7-13(19-2)14(11-12)20-3/h6-8,10-11H,4-5,9H2,1-3H3/b10-8+. The maximum absolute atomic E-state index is 11.8. The number of hydrogen-bond acceptors (Lipinski definition) is 6. The Bertz CT molecular complexity index is 535. The molecule has 1 rings (SSSR count). The van der Waals surface area contributed by atoms with Crippen LogP contribution in [0.3, 0.4) is 0 Å². The summed E-state index contributed by atoms with van der Waals surface area (Å²) in [6, 6.07) is 4.63. The van der Waals surface area contributed by atoms with Crippen LogP contribution in [0.2, 0.25) is 0 Å². The summed E-state index contributed by atoms with van der Waals surface area (Å²) in [4.78, 5) is 23.1. The fourth-order valence-electron chi connectivity index (χ4n) is 1.55. The van der Waals surface area contributed by atoms with Crippen LogP contribution >= 0.6 is 0 Å². The van der Waals surface area contributed by atoms with Gasteiger partial charge in [-0.1, -0.05) is 13.3 Å². The molecule has 1 aromatic carbocycles. The van der Waals surface area contributed by atoms with E-state index in [1.165, 1.54) is 26.4 Å². The number of benzene rings is 1. The third kappa shape index (κ3) is 5.47. The summed E-state index contributed by atoms with van der Waals surface area (Å²) in [5.74, 6) is -0.235. The zero-order valence-electron chi connectivity index (χ0n) is 13.0. The zero-order valence-corrected chi connectivity index (χ0v) is 13.0. The van der Waals surface area contributed by atoms with Crippen molar-refractivity contribution in [1.82, 2.24) is 0 Å².